The van der Waals surface area contributed by atoms with Gasteiger partial charge in [0, 0.05) is 24.9 Å². The van der Waals surface area contributed by atoms with Crippen molar-refractivity contribution in [2.24, 2.45) is 0 Å². The number of thioether (sulfide) groups is 1. The van der Waals surface area contributed by atoms with E-state index in [1.807, 2.05) is 30.3 Å². The summed E-state index contributed by atoms with van der Waals surface area (Å²) in [5.74, 6) is -0.520. The molecule has 2 aromatic carbocycles. The molecule has 6 nitrogen and oxygen atoms in total. The van der Waals surface area contributed by atoms with E-state index in [1.165, 1.54) is 23.6 Å². The summed E-state index contributed by atoms with van der Waals surface area (Å²) in [6.07, 6.45) is 0.574. The molecule has 0 saturated heterocycles. The average molecular weight is 410 g/mol. The number of carbonyl (C=O) groups excluding carboxylic acids is 3. The summed E-state index contributed by atoms with van der Waals surface area (Å²) in [7, 11) is 0. The van der Waals surface area contributed by atoms with Crippen molar-refractivity contribution in [1.82, 2.24) is 4.90 Å². The lowest BCUT2D eigenvalue weighted by molar-refractivity contribution is -0.136. The minimum Gasteiger partial charge on any atom is -0.396 e. The van der Waals surface area contributed by atoms with Crippen LogP contribution in [-0.2, 0) is 20.8 Å². The molecule has 0 fully saturated rings. The van der Waals surface area contributed by atoms with Crippen LogP contribution in [0.15, 0.2) is 59.5 Å². The third-order valence-electron chi connectivity index (χ3n) is 4.42. The van der Waals surface area contributed by atoms with Gasteiger partial charge in [-0.1, -0.05) is 42.5 Å². The predicted octanol–water partition coefficient (Wildman–Crippen LogP) is 2.69. The van der Waals surface area contributed by atoms with Crippen LogP contribution in [0.4, 0.5) is 5.69 Å². The molecule has 1 aliphatic rings. The molecule has 0 spiro atoms. The number of imide groups is 1. The Balaban J connectivity index is 1.85. The first-order valence-corrected chi connectivity index (χ1v) is 10.3. The third kappa shape index (κ3) is 4.93. The maximum Gasteiger partial charge on any atom is 0.267 e. The van der Waals surface area contributed by atoms with Gasteiger partial charge < -0.3 is 10.4 Å². The van der Waals surface area contributed by atoms with E-state index in [4.69, 9.17) is 0 Å². The lowest BCUT2D eigenvalue weighted by atomic mass is 10.1. The van der Waals surface area contributed by atoms with Gasteiger partial charge in [-0.05, 0) is 29.7 Å². The molecule has 0 saturated carbocycles. The lowest BCUT2D eigenvalue weighted by Crippen LogP contribution is -2.33. The lowest BCUT2D eigenvalue weighted by Gasteiger charge is -2.15. The van der Waals surface area contributed by atoms with Gasteiger partial charge in [0.15, 0.2) is 0 Å². The molecule has 7 heteroatoms. The van der Waals surface area contributed by atoms with Crippen molar-refractivity contribution >= 4 is 40.7 Å². The largest absolute Gasteiger partial charge is 0.396 e. The second kappa shape index (κ2) is 9.54. The van der Waals surface area contributed by atoms with E-state index in [0.717, 1.165) is 5.56 Å². The number of hydrogen-bond acceptors (Lipinski definition) is 5. The third-order valence-corrected chi connectivity index (χ3v) is 5.48. The van der Waals surface area contributed by atoms with Gasteiger partial charge in [0.2, 0.25) is 5.91 Å². The van der Waals surface area contributed by atoms with Gasteiger partial charge in [-0.3, -0.25) is 19.3 Å². The first kappa shape index (κ1) is 20.8. The number of aliphatic hydroxyl groups excluding tert-OH is 1. The van der Waals surface area contributed by atoms with Crippen molar-refractivity contribution in [2.75, 3.05) is 24.2 Å². The molecular formula is C22H22N2O4S. The van der Waals surface area contributed by atoms with Gasteiger partial charge in [0.25, 0.3) is 11.8 Å². The molecule has 0 radical (unpaired) electrons. The molecule has 1 heterocycles. The normalized spacial score (nSPS) is 13.9. The smallest absolute Gasteiger partial charge is 0.267 e. The zero-order valence-corrected chi connectivity index (χ0v) is 16.9. The second-order valence-electron chi connectivity index (χ2n) is 6.53. The molecule has 0 bridgehead atoms. The molecule has 2 aromatic rings. The van der Waals surface area contributed by atoms with E-state index in [2.05, 4.69) is 5.32 Å². The number of carbonyl (C=O) groups is 3. The minimum atomic E-state index is -0.335. The summed E-state index contributed by atoms with van der Waals surface area (Å²) in [6, 6.07) is 16.5. The molecule has 150 valence electrons. The molecule has 3 rings (SSSR count). The van der Waals surface area contributed by atoms with E-state index in [0.29, 0.717) is 40.4 Å². The fraction of sp³-hybridized carbons (Fsp3) is 0.227. The Morgan fingerprint density at radius 1 is 1.03 bits per heavy atom. The Morgan fingerprint density at radius 2 is 1.72 bits per heavy atom. The van der Waals surface area contributed by atoms with Gasteiger partial charge in [-0.2, -0.15) is 0 Å². The highest BCUT2D eigenvalue weighted by molar-refractivity contribution is 8.04. The molecule has 0 atom stereocenters. The molecule has 2 N–H and O–H groups in total. The van der Waals surface area contributed by atoms with Crippen LogP contribution in [0.5, 0.6) is 0 Å². The van der Waals surface area contributed by atoms with E-state index in [-0.39, 0.29) is 24.3 Å². The quantitative estimate of drug-likeness (QED) is 0.654. The molecule has 3 amide bonds. The Bertz CT molecular complexity index is 939. The average Bonchev–Trinajstić information content (AvgIpc) is 2.95. The maximum absolute atomic E-state index is 13.1. The number of nitrogens with zero attached hydrogens (tertiary/aromatic N) is 1. The van der Waals surface area contributed by atoms with Crippen LogP contribution in [0.3, 0.4) is 0 Å². The standard InChI is InChI=1S/C22H22N2O4S/c1-15(26)23-18-9-7-17(8-10-18)19-20(29-14-13-25)22(28)24(21(19)27)12-11-16-5-3-2-4-6-16/h2-10,25H,11-14H2,1H3,(H,23,26). The minimum absolute atomic E-state index is 0.0889. The molecule has 0 aliphatic carbocycles. The van der Waals surface area contributed by atoms with E-state index in [1.54, 1.807) is 24.3 Å². The molecule has 0 unspecified atom stereocenters. The fourth-order valence-electron chi connectivity index (χ4n) is 3.10. The number of anilines is 1. The van der Waals surface area contributed by atoms with Gasteiger partial charge in [-0.25, -0.2) is 0 Å². The number of hydrogen-bond donors (Lipinski definition) is 2. The summed E-state index contributed by atoms with van der Waals surface area (Å²) < 4.78 is 0. The fourth-order valence-corrected chi connectivity index (χ4v) is 3.98. The first-order valence-electron chi connectivity index (χ1n) is 9.27. The van der Waals surface area contributed by atoms with Gasteiger partial charge >= 0.3 is 0 Å². The van der Waals surface area contributed by atoms with Crippen LogP contribution < -0.4 is 5.32 Å². The van der Waals surface area contributed by atoms with Crippen molar-refractivity contribution in [3.63, 3.8) is 0 Å². The van der Waals surface area contributed by atoms with Crippen molar-refractivity contribution in [2.45, 2.75) is 13.3 Å². The summed E-state index contributed by atoms with van der Waals surface area (Å²) in [4.78, 5) is 38.8. The van der Waals surface area contributed by atoms with Gasteiger partial charge in [0.1, 0.15) is 0 Å². The van der Waals surface area contributed by atoms with Crippen LogP contribution in [0.2, 0.25) is 0 Å². The Morgan fingerprint density at radius 3 is 2.34 bits per heavy atom. The van der Waals surface area contributed by atoms with Crippen LogP contribution in [0.25, 0.3) is 5.57 Å². The van der Waals surface area contributed by atoms with Crippen molar-refractivity contribution in [3.8, 4) is 0 Å². The van der Waals surface area contributed by atoms with E-state index >= 15 is 0 Å². The van der Waals surface area contributed by atoms with E-state index in [9.17, 15) is 19.5 Å². The number of rotatable bonds is 8. The summed E-state index contributed by atoms with van der Waals surface area (Å²) in [6.45, 7) is 1.62. The number of benzene rings is 2. The highest BCUT2D eigenvalue weighted by atomic mass is 32.2. The highest BCUT2D eigenvalue weighted by Crippen LogP contribution is 2.36. The van der Waals surface area contributed by atoms with Gasteiger partial charge in [0.05, 0.1) is 17.1 Å². The SMILES string of the molecule is CC(=O)Nc1ccc(C2=C(SCCO)C(=O)N(CCc3ccccc3)C2=O)cc1. The summed E-state index contributed by atoms with van der Waals surface area (Å²) in [5.41, 5.74) is 2.62. The Labute approximate surface area is 173 Å². The Hall–Kier alpha value is -2.90. The van der Waals surface area contributed by atoms with Crippen molar-refractivity contribution < 1.29 is 19.5 Å². The molecule has 0 aromatic heterocycles. The number of aliphatic hydroxyl groups is 1. The topological polar surface area (TPSA) is 86.7 Å². The molecule has 1 aliphatic heterocycles. The van der Waals surface area contributed by atoms with Crippen LogP contribution in [0.1, 0.15) is 18.1 Å². The van der Waals surface area contributed by atoms with Crippen molar-refractivity contribution in [3.05, 3.63) is 70.6 Å². The number of nitrogens with one attached hydrogen (secondary N) is 1. The van der Waals surface area contributed by atoms with Crippen LogP contribution in [-0.4, -0.2) is 46.6 Å². The van der Waals surface area contributed by atoms with Gasteiger partial charge in [-0.15, -0.1) is 11.8 Å². The zero-order chi connectivity index (χ0) is 20.8. The summed E-state index contributed by atoms with van der Waals surface area (Å²) >= 11 is 1.19. The molecule has 29 heavy (non-hydrogen) atoms. The maximum atomic E-state index is 13.1. The van der Waals surface area contributed by atoms with Crippen LogP contribution in [0, 0.1) is 0 Å². The zero-order valence-electron chi connectivity index (χ0n) is 16.1. The second-order valence-corrected chi connectivity index (χ2v) is 7.64. The monoisotopic (exact) mass is 410 g/mol. The first-order chi connectivity index (χ1) is 14.0. The van der Waals surface area contributed by atoms with E-state index < -0.39 is 0 Å². The number of amides is 3. The molecular weight excluding hydrogens is 388 g/mol. The highest BCUT2D eigenvalue weighted by Gasteiger charge is 2.38. The predicted molar refractivity (Wildman–Crippen MR) is 114 cm³/mol. The summed E-state index contributed by atoms with van der Waals surface area (Å²) in [5, 5.41) is 11.9. The van der Waals surface area contributed by atoms with Crippen molar-refractivity contribution in [1.29, 1.82) is 0 Å². The Kier molecular flexibility index (Phi) is 6.85. The van der Waals surface area contributed by atoms with Crippen LogP contribution >= 0.6 is 11.8 Å².